The molecular weight excluding hydrogens is 230 g/mol. The summed E-state index contributed by atoms with van der Waals surface area (Å²) in [6, 6.07) is 0. The van der Waals surface area contributed by atoms with Crippen LogP contribution < -0.4 is 0 Å². The maximum atomic E-state index is 10.5. The number of nitro groups is 1. The average molecular weight is 235 g/mol. The van der Waals surface area contributed by atoms with Gasteiger partial charge in [-0.15, -0.1) is 0 Å². The molecule has 2 aromatic heterocycles. The highest BCUT2D eigenvalue weighted by molar-refractivity contribution is 5.84. The number of rotatable bonds is 3. The monoisotopic (exact) mass is 235 g/mol. The molecule has 0 aliphatic heterocycles. The summed E-state index contributed by atoms with van der Waals surface area (Å²) in [5.41, 5.74) is -0.399. The van der Waals surface area contributed by atoms with Crippen LogP contribution in [-0.2, 0) is 0 Å². The third-order valence-corrected chi connectivity index (χ3v) is 1.87. The van der Waals surface area contributed by atoms with E-state index in [1.165, 1.54) is 6.20 Å². The number of carboxylic acid groups (broad SMARTS) is 1. The summed E-state index contributed by atoms with van der Waals surface area (Å²) in [6.45, 7) is 0. The molecule has 0 saturated heterocycles. The van der Waals surface area contributed by atoms with Gasteiger partial charge in [-0.25, -0.2) is 19.4 Å². The van der Waals surface area contributed by atoms with Gasteiger partial charge in [0.25, 0.3) is 0 Å². The first-order chi connectivity index (χ1) is 8.08. The van der Waals surface area contributed by atoms with Crippen LogP contribution in [0.2, 0.25) is 0 Å². The quantitative estimate of drug-likeness (QED) is 0.597. The molecule has 0 unspecified atom stereocenters. The summed E-state index contributed by atoms with van der Waals surface area (Å²) in [4.78, 5) is 27.8. The second-order valence-electron chi connectivity index (χ2n) is 2.97. The number of aromatic carboxylic acids is 1. The lowest BCUT2D eigenvalue weighted by molar-refractivity contribution is -0.384. The average Bonchev–Trinajstić information content (AvgIpc) is 2.78. The summed E-state index contributed by atoms with van der Waals surface area (Å²) >= 11 is 0. The first-order valence-electron chi connectivity index (χ1n) is 4.32. The van der Waals surface area contributed by atoms with E-state index in [0.29, 0.717) is 0 Å². The van der Waals surface area contributed by atoms with E-state index in [-0.39, 0.29) is 17.2 Å². The van der Waals surface area contributed by atoms with Gasteiger partial charge in [-0.1, -0.05) is 0 Å². The van der Waals surface area contributed by atoms with Crippen molar-refractivity contribution in [2.75, 3.05) is 0 Å². The van der Waals surface area contributed by atoms with Crippen LogP contribution in [0.4, 0.5) is 5.69 Å². The molecule has 9 nitrogen and oxygen atoms in total. The minimum atomic E-state index is -1.20. The molecule has 1 N–H and O–H groups in total. The van der Waals surface area contributed by atoms with Crippen molar-refractivity contribution in [1.29, 1.82) is 0 Å². The summed E-state index contributed by atoms with van der Waals surface area (Å²) < 4.78 is 1.14. The largest absolute Gasteiger partial charge is 0.476 e. The van der Waals surface area contributed by atoms with Gasteiger partial charge >= 0.3 is 11.7 Å². The van der Waals surface area contributed by atoms with Gasteiger partial charge in [0.2, 0.25) is 0 Å². The Balaban J connectivity index is 2.33. The third kappa shape index (κ3) is 2.07. The third-order valence-electron chi connectivity index (χ3n) is 1.87. The fraction of sp³-hybridized carbons (Fsp3) is 0. The molecule has 0 amide bonds. The second-order valence-corrected chi connectivity index (χ2v) is 2.97. The van der Waals surface area contributed by atoms with Gasteiger partial charge in [0.15, 0.2) is 11.5 Å². The second kappa shape index (κ2) is 3.96. The molecular formula is C8H5N5O4. The van der Waals surface area contributed by atoms with E-state index >= 15 is 0 Å². The highest BCUT2D eigenvalue weighted by Crippen LogP contribution is 2.11. The lowest BCUT2D eigenvalue weighted by Gasteiger charge is -1.98. The van der Waals surface area contributed by atoms with Crippen LogP contribution in [-0.4, -0.2) is 35.7 Å². The first kappa shape index (κ1) is 10.7. The van der Waals surface area contributed by atoms with Crippen molar-refractivity contribution in [2.45, 2.75) is 0 Å². The van der Waals surface area contributed by atoms with Crippen molar-refractivity contribution >= 4 is 11.7 Å². The molecule has 0 bridgehead atoms. The van der Waals surface area contributed by atoms with Crippen LogP contribution in [0, 0.1) is 10.1 Å². The van der Waals surface area contributed by atoms with Gasteiger partial charge in [-0.3, -0.25) is 10.1 Å². The van der Waals surface area contributed by atoms with Crippen LogP contribution in [0.5, 0.6) is 0 Å². The van der Waals surface area contributed by atoms with Crippen molar-refractivity contribution in [1.82, 2.24) is 19.7 Å². The molecule has 0 saturated carbocycles. The topological polar surface area (TPSA) is 124 Å². The molecule has 0 aliphatic rings. The Morgan fingerprint density at radius 1 is 1.35 bits per heavy atom. The fourth-order valence-corrected chi connectivity index (χ4v) is 1.08. The standard InChI is InChI=1S/C8H5N5O4/c14-8(15)6-2-10-7(3-9-6)12-4-5(1-11-12)13(16)17/h1-4H,(H,14,15). The molecule has 9 heteroatoms. The van der Waals surface area contributed by atoms with Crippen molar-refractivity contribution in [2.24, 2.45) is 0 Å². The van der Waals surface area contributed by atoms with E-state index in [1.54, 1.807) is 0 Å². The predicted octanol–water partition coefficient (Wildman–Crippen LogP) is 0.269. The Kier molecular flexibility index (Phi) is 2.49. The molecule has 0 fully saturated rings. The SMILES string of the molecule is O=C(O)c1cnc(-n2cc([N+](=O)[O-])cn2)cn1. The minimum Gasteiger partial charge on any atom is -0.476 e. The molecule has 2 aromatic rings. The minimum absolute atomic E-state index is 0.186. The van der Waals surface area contributed by atoms with E-state index in [1.807, 2.05) is 0 Å². The Bertz CT molecular complexity index is 576. The van der Waals surface area contributed by atoms with Crippen molar-refractivity contribution in [3.63, 3.8) is 0 Å². The summed E-state index contributed by atoms with van der Waals surface area (Å²) in [5, 5.41) is 22.7. The molecule has 0 atom stereocenters. The number of carboxylic acids is 1. The van der Waals surface area contributed by atoms with Crippen LogP contribution in [0.25, 0.3) is 5.82 Å². The lowest BCUT2D eigenvalue weighted by atomic mass is 10.4. The molecule has 2 rings (SSSR count). The molecule has 86 valence electrons. The Hall–Kier alpha value is -2.84. The van der Waals surface area contributed by atoms with E-state index in [9.17, 15) is 14.9 Å². The zero-order chi connectivity index (χ0) is 12.4. The fourth-order valence-electron chi connectivity index (χ4n) is 1.08. The number of carbonyl (C=O) groups is 1. The Morgan fingerprint density at radius 3 is 2.59 bits per heavy atom. The lowest BCUT2D eigenvalue weighted by Crippen LogP contribution is -2.04. The van der Waals surface area contributed by atoms with Crippen molar-refractivity contribution in [3.8, 4) is 5.82 Å². The van der Waals surface area contributed by atoms with Gasteiger partial charge in [-0.05, 0) is 0 Å². The molecule has 2 heterocycles. The Labute approximate surface area is 93.5 Å². The Morgan fingerprint density at radius 2 is 2.12 bits per heavy atom. The van der Waals surface area contributed by atoms with E-state index in [2.05, 4.69) is 15.1 Å². The van der Waals surface area contributed by atoms with Crippen molar-refractivity contribution in [3.05, 3.63) is 40.6 Å². The van der Waals surface area contributed by atoms with E-state index < -0.39 is 10.9 Å². The maximum absolute atomic E-state index is 10.5. The summed E-state index contributed by atoms with van der Waals surface area (Å²) in [7, 11) is 0. The zero-order valence-electron chi connectivity index (χ0n) is 8.22. The van der Waals surface area contributed by atoms with Gasteiger partial charge in [0.1, 0.15) is 12.4 Å². The molecule has 0 spiro atoms. The molecule has 0 aromatic carbocycles. The van der Waals surface area contributed by atoms with Gasteiger partial charge in [0, 0.05) is 0 Å². The first-order valence-corrected chi connectivity index (χ1v) is 4.32. The normalized spacial score (nSPS) is 10.1. The summed E-state index contributed by atoms with van der Waals surface area (Å²) in [6.07, 6.45) is 4.43. The van der Waals surface area contributed by atoms with Gasteiger partial charge in [-0.2, -0.15) is 5.10 Å². The van der Waals surface area contributed by atoms with Crippen LogP contribution in [0.15, 0.2) is 24.8 Å². The predicted molar refractivity (Wildman–Crippen MR) is 52.8 cm³/mol. The number of hydrogen-bond acceptors (Lipinski definition) is 6. The smallest absolute Gasteiger partial charge is 0.356 e. The highest BCUT2D eigenvalue weighted by atomic mass is 16.6. The zero-order valence-corrected chi connectivity index (χ0v) is 8.22. The number of nitrogens with zero attached hydrogens (tertiary/aromatic N) is 5. The maximum Gasteiger partial charge on any atom is 0.356 e. The van der Waals surface area contributed by atoms with Crippen LogP contribution in [0.3, 0.4) is 0 Å². The molecule has 0 radical (unpaired) electrons. The molecule has 17 heavy (non-hydrogen) atoms. The van der Waals surface area contributed by atoms with Gasteiger partial charge < -0.3 is 5.11 Å². The van der Waals surface area contributed by atoms with Crippen LogP contribution in [0.1, 0.15) is 10.5 Å². The number of aromatic nitrogens is 4. The van der Waals surface area contributed by atoms with E-state index in [4.69, 9.17) is 5.11 Å². The van der Waals surface area contributed by atoms with Gasteiger partial charge in [0.05, 0.1) is 17.3 Å². The molecule has 0 aliphatic carbocycles. The summed E-state index contributed by atoms with van der Waals surface area (Å²) in [5.74, 6) is -1.00. The number of hydrogen-bond donors (Lipinski definition) is 1. The van der Waals surface area contributed by atoms with Crippen molar-refractivity contribution < 1.29 is 14.8 Å². The van der Waals surface area contributed by atoms with Crippen LogP contribution >= 0.6 is 0 Å². The highest BCUT2D eigenvalue weighted by Gasteiger charge is 2.11. The van der Waals surface area contributed by atoms with E-state index in [0.717, 1.165) is 23.3 Å².